The molecule has 0 amide bonds. The number of rotatable bonds is 4. The molecule has 1 N–H and O–H groups in total. The van der Waals surface area contributed by atoms with E-state index in [1.807, 2.05) is 18.2 Å². The number of phenolic OH excluding ortho intramolecular Hbond substituents is 1. The van der Waals surface area contributed by atoms with Crippen LogP contribution in [-0.2, 0) is 6.42 Å². The zero-order chi connectivity index (χ0) is 16.4. The lowest BCUT2D eigenvalue weighted by atomic mass is 9.96. The molecule has 1 aliphatic rings. The molecule has 0 atom stereocenters. The molecule has 0 aromatic heterocycles. The molecule has 3 rings (SSSR count). The fourth-order valence-electron chi connectivity index (χ4n) is 2.63. The fraction of sp³-hybridized carbons (Fsp3) is 0.222. The number of fused-ring (bicyclic) bond motifs is 1. The number of hydrogen-bond donors (Lipinski definition) is 1. The van der Waals surface area contributed by atoms with E-state index in [2.05, 4.69) is 0 Å². The van der Waals surface area contributed by atoms with Crippen molar-refractivity contribution in [3.05, 3.63) is 47.7 Å². The Morgan fingerprint density at radius 3 is 2.52 bits per heavy atom. The van der Waals surface area contributed by atoms with Gasteiger partial charge in [-0.25, -0.2) is 0 Å². The summed E-state index contributed by atoms with van der Waals surface area (Å²) in [6.07, 6.45) is 2.28. The molecule has 0 bridgehead atoms. The molecule has 5 heteroatoms. The maximum absolute atomic E-state index is 10.5. The van der Waals surface area contributed by atoms with Crippen molar-refractivity contribution in [2.24, 2.45) is 0 Å². The Morgan fingerprint density at radius 2 is 1.83 bits per heavy atom. The van der Waals surface area contributed by atoms with Crippen LogP contribution in [-0.4, -0.2) is 26.4 Å². The summed E-state index contributed by atoms with van der Waals surface area (Å²) in [5, 5.41) is 10.5. The van der Waals surface area contributed by atoms with Crippen LogP contribution in [0.15, 0.2) is 36.6 Å². The molecule has 0 aliphatic carbocycles. The van der Waals surface area contributed by atoms with E-state index in [4.69, 9.17) is 18.9 Å². The third kappa shape index (κ3) is 2.65. The van der Waals surface area contributed by atoms with Gasteiger partial charge in [0.05, 0.1) is 27.6 Å². The van der Waals surface area contributed by atoms with E-state index < -0.39 is 0 Å². The van der Waals surface area contributed by atoms with Gasteiger partial charge in [-0.15, -0.1) is 0 Å². The summed E-state index contributed by atoms with van der Waals surface area (Å²) in [5.41, 5.74) is 2.54. The van der Waals surface area contributed by atoms with Gasteiger partial charge in [0.25, 0.3) is 0 Å². The van der Waals surface area contributed by atoms with Crippen LogP contribution in [0.25, 0.3) is 5.57 Å². The van der Waals surface area contributed by atoms with Crippen molar-refractivity contribution in [3.63, 3.8) is 0 Å². The fourth-order valence-corrected chi connectivity index (χ4v) is 2.63. The van der Waals surface area contributed by atoms with Crippen LogP contribution in [0.2, 0.25) is 0 Å². The molecule has 0 saturated carbocycles. The standard InChI is InChI=1S/C18H18O5/c1-20-13-5-4-11-8-12(10-23-16(11)9-13)14-6-7-15(21-2)18(22-3)17(14)19/h4-7,9-10,19H,8H2,1-3H3. The molecule has 0 spiro atoms. The molecule has 0 unspecified atom stereocenters. The number of benzene rings is 2. The number of aromatic hydroxyl groups is 1. The molecule has 0 saturated heterocycles. The first-order valence-corrected chi connectivity index (χ1v) is 7.15. The van der Waals surface area contributed by atoms with Gasteiger partial charge in [-0.3, -0.25) is 0 Å². The van der Waals surface area contributed by atoms with Gasteiger partial charge < -0.3 is 24.1 Å². The van der Waals surface area contributed by atoms with Crippen molar-refractivity contribution < 1.29 is 24.1 Å². The van der Waals surface area contributed by atoms with Gasteiger partial charge >= 0.3 is 0 Å². The van der Waals surface area contributed by atoms with Crippen LogP contribution in [0.5, 0.6) is 28.7 Å². The van der Waals surface area contributed by atoms with Gasteiger partial charge in [0.15, 0.2) is 11.5 Å². The minimum atomic E-state index is 0.0404. The molecule has 23 heavy (non-hydrogen) atoms. The monoisotopic (exact) mass is 314 g/mol. The summed E-state index contributed by atoms with van der Waals surface area (Å²) in [5.74, 6) is 2.34. The summed E-state index contributed by atoms with van der Waals surface area (Å²) in [7, 11) is 4.64. The molecule has 120 valence electrons. The number of phenols is 1. The third-order valence-electron chi connectivity index (χ3n) is 3.85. The lowest BCUT2D eigenvalue weighted by Gasteiger charge is -2.20. The van der Waals surface area contributed by atoms with E-state index in [1.165, 1.54) is 14.2 Å². The van der Waals surface area contributed by atoms with E-state index in [0.29, 0.717) is 23.5 Å². The Balaban J connectivity index is 1.97. The van der Waals surface area contributed by atoms with Crippen molar-refractivity contribution in [2.45, 2.75) is 6.42 Å². The molecule has 2 aromatic rings. The highest BCUT2D eigenvalue weighted by molar-refractivity contribution is 5.77. The first kappa shape index (κ1) is 15.1. The van der Waals surface area contributed by atoms with E-state index in [9.17, 15) is 5.11 Å². The highest BCUT2D eigenvalue weighted by Gasteiger charge is 2.21. The van der Waals surface area contributed by atoms with Gasteiger partial charge in [0.2, 0.25) is 5.75 Å². The first-order valence-electron chi connectivity index (χ1n) is 7.15. The Bertz CT molecular complexity index is 764. The smallest absolute Gasteiger partial charge is 0.203 e. The van der Waals surface area contributed by atoms with E-state index >= 15 is 0 Å². The Morgan fingerprint density at radius 1 is 1.00 bits per heavy atom. The summed E-state index contributed by atoms with van der Waals surface area (Å²) < 4.78 is 21.3. The summed E-state index contributed by atoms with van der Waals surface area (Å²) in [6.45, 7) is 0. The van der Waals surface area contributed by atoms with Gasteiger partial charge in [-0.05, 0) is 23.8 Å². The number of hydrogen-bond acceptors (Lipinski definition) is 5. The molecule has 1 heterocycles. The second-order valence-electron chi connectivity index (χ2n) is 5.11. The maximum Gasteiger partial charge on any atom is 0.203 e. The number of methoxy groups -OCH3 is 3. The van der Waals surface area contributed by atoms with E-state index in [0.717, 1.165) is 22.6 Å². The average Bonchev–Trinajstić information content (AvgIpc) is 2.60. The van der Waals surface area contributed by atoms with Gasteiger partial charge in [0, 0.05) is 23.6 Å². The number of ether oxygens (including phenoxy) is 4. The van der Waals surface area contributed by atoms with Crippen molar-refractivity contribution in [2.75, 3.05) is 21.3 Å². The predicted octanol–water partition coefficient (Wildman–Crippen LogP) is 3.39. The minimum absolute atomic E-state index is 0.0404. The Labute approximate surface area is 134 Å². The van der Waals surface area contributed by atoms with Crippen LogP contribution in [0.1, 0.15) is 11.1 Å². The van der Waals surface area contributed by atoms with Crippen LogP contribution >= 0.6 is 0 Å². The zero-order valence-corrected chi connectivity index (χ0v) is 13.3. The van der Waals surface area contributed by atoms with Crippen molar-refractivity contribution in [3.8, 4) is 28.7 Å². The van der Waals surface area contributed by atoms with Crippen LogP contribution in [0, 0.1) is 0 Å². The number of allylic oxidation sites excluding steroid dienone is 1. The lowest BCUT2D eigenvalue weighted by Crippen LogP contribution is -2.04. The van der Waals surface area contributed by atoms with Crippen LogP contribution in [0.4, 0.5) is 0 Å². The minimum Gasteiger partial charge on any atom is -0.504 e. The second-order valence-corrected chi connectivity index (χ2v) is 5.11. The molecular formula is C18H18O5. The van der Waals surface area contributed by atoms with Gasteiger partial charge in [0.1, 0.15) is 11.5 Å². The normalized spacial score (nSPS) is 12.7. The van der Waals surface area contributed by atoms with Crippen molar-refractivity contribution in [1.29, 1.82) is 0 Å². The molecule has 1 aliphatic heterocycles. The average molecular weight is 314 g/mol. The maximum atomic E-state index is 10.5. The summed E-state index contributed by atoms with van der Waals surface area (Å²) in [6, 6.07) is 9.24. The van der Waals surface area contributed by atoms with Crippen LogP contribution in [0.3, 0.4) is 0 Å². The molecule has 0 radical (unpaired) electrons. The third-order valence-corrected chi connectivity index (χ3v) is 3.85. The van der Waals surface area contributed by atoms with Crippen LogP contribution < -0.4 is 18.9 Å². The van der Waals surface area contributed by atoms with E-state index in [-0.39, 0.29) is 5.75 Å². The predicted molar refractivity (Wildman–Crippen MR) is 86.5 cm³/mol. The van der Waals surface area contributed by atoms with Crippen molar-refractivity contribution >= 4 is 5.57 Å². The van der Waals surface area contributed by atoms with Crippen molar-refractivity contribution in [1.82, 2.24) is 0 Å². The summed E-state index contributed by atoms with van der Waals surface area (Å²) in [4.78, 5) is 0. The highest BCUT2D eigenvalue weighted by Crippen LogP contribution is 2.43. The van der Waals surface area contributed by atoms with E-state index in [1.54, 1.807) is 25.5 Å². The quantitative estimate of drug-likeness (QED) is 0.937. The molecule has 0 fully saturated rings. The lowest BCUT2D eigenvalue weighted by molar-refractivity contribution is 0.332. The Hall–Kier alpha value is -2.82. The largest absolute Gasteiger partial charge is 0.504 e. The molecular weight excluding hydrogens is 296 g/mol. The Kier molecular flexibility index (Phi) is 4.02. The SMILES string of the molecule is COc1ccc2c(c1)OC=C(c1ccc(OC)c(OC)c1O)C2. The first-order chi connectivity index (χ1) is 11.2. The van der Waals surface area contributed by atoms with Gasteiger partial charge in [-0.1, -0.05) is 6.07 Å². The topological polar surface area (TPSA) is 57.2 Å². The van der Waals surface area contributed by atoms with Gasteiger partial charge in [-0.2, -0.15) is 0 Å². The molecule has 5 nitrogen and oxygen atoms in total. The highest BCUT2D eigenvalue weighted by atomic mass is 16.5. The molecule has 2 aromatic carbocycles. The second kappa shape index (κ2) is 6.12. The summed E-state index contributed by atoms with van der Waals surface area (Å²) >= 11 is 0. The zero-order valence-electron chi connectivity index (χ0n) is 13.3.